The molecule has 0 saturated heterocycles. The highest BCUT2D eigenvalue weighted by Gasteiger charge is 2.19. The van der Waals surface area contributed by atoms with E-state index in [1.807, 2.05) is 48.5 Å². The predicted octanol–water partition coefficient (Wildman–Crippen LogP) is 2.83. The molecule has 184 valence electrons. The maximum absolute atomic E-state index is 13.5. The first-order chi connectivity index (χ1) is 17.5. The number of aliphatic hydroxyl groups is 1. The third kappa shape index (κ3) is 4.38. The second-order valence-corrected chi connectivity index (χ2v) is 8.77. The van der Waals surface area contributed by atoms with Crippen molar-refractivity contribution in [2.45, 2.75) is 45.8 Å². The summed E-state index contributed by atoms with van der Waals surface area (Å²) < 4.78 is 7.89. The van der Waals surface area contributed by atoms with E-state index >= 15 is 0 Å². The van der Waals surface area contributed by atoms with Crippen molar-refractivity contribution < 1.29 is 9.63 Å². The summed E-state index contributed by atoms with van der Waals surface area (Å²) in [5, 5.41) is 18.2. The fourth-order valence-corrected chi connectivity index (χ4v) is 4.51. The number of aryl methyl sites for hydroxylation is 1. The van der Waals surface area contributed by atoms with Crippen molar-refractivity contribution >= 4 is 5.78 Å². The van der Waals surface area contributed by atoms with Crippen molar-refractivity contribution in [3.63, 3.8) is 0 Å². The van der Waals surface area contributed by atoms with Crippen LogP contribution in [0.2, 0.25) is 0 Å². The summed E-state index contributed by atoms with van der Waals surface area (Å²) >= 11 is 0. The Kier molecular flexibility index (Phi) is 6.34. The molecule has 2 aromatic carbocycles. The molecule has 1 atom stereocenters. The molecule has 5 rings (SSSR count). The molecule has 0 aliphatic heterocycles. The zero-order valence-corrected chi connectivity index (χ0v) is 20.0. The van der Waals surface area contributed by atoms with Crippen LogP contribution in [-0.4, -0.2) is 40.5 Å². The molecule has 1 unspecified atom stereocenters. The molecule has 0 aliphatic rings. The van der Waals surface area contributed by atoms with Gasteiger partial charge in [0.1, 0.15) is 6.33 Å². The summed E-state index contributed by atoms with van der Waals surface area (Å²) in [4.78, 5) is 31.9. The van der Waals surface area contributed by atoms with Crippen LogP contribution in [0.5, 0.6) is 0 Å². The minimum Gasteiger partial charge on any atom is -0.392 e. The van der Waals surface area contributed by atoms with E-state index in [0.29, 0.717) is 30.0 Å². The number of rotatable bonds is 8. The van der Waals surface area contributed by atoms with E-state index in [0.717, 1.165) is 34.4 Å². The van der Waals surface area contributed by atoms with Gasteiger partial charge in [0.2, 0.25) is 5.78 Å². The molecule has 2 N–H and O–H groups in total. The number of aliphatic hydroxyl groups excluding tert-OH is 1. The van der Waals surface area contributed by atoms with Gasteiger partial charge in [-0.15, -0.1) is 0 Å². The van der Waals surface area contributed by atoms with E-state index in [2.05, 4.69) is 31.7 Å². The standard InChI is InChI=1S/C26H26N6O4/c1-3-6-22-21(24(34)31(14-16(2)33)25-27-15-28-32(22)25)13-17-9-11-18(12-10-17)19-7-4-5-8-20(19)23-29-26(35)36-30-23/h4-5,7-12,15-16,33H,3,6,13-14H2,1-2H3,(H,29,30,35). The van der Waals surface area contributed by atoms with Gasteiger partial charge in [-0.3, -0.25) is 18.9 Å². The van der Waals surface area contributed by atoms with E-state index < -0.39 is 11.9 Å². The van der Waals surface area contributed by atoms with Gasteiger partial charge in [-0.05, 0) is 30.0 Å². The third-order valence-corrected chi connectivity index (χ3v) is 6.08. The van der Waals surface area contributed by atoms with Crippen LogP contribution in [0.15, 0.2) is 69.0 Å². The van der Waals surface area contributed by atoms with Crippen LogP contribution in [0.3, 0.4) is 0 Å². The Morgan fingerprint density at radius 2 is 1.83 bits per heavy atom. The molecular weight excluding hydrogens is 460 g/mol. The van der Waals surface area contributed by atoms with Crippen molar-refractivity contribution in [1.29, 1.82) is 0 Å². The molecule has 5 aromatic rings. The summed E-state index contributed by atoms with van der Waals surface area (Å²) in [6, 6.07) is 15.5. The van der Waals surface area contributed by atoms with Gasteiger partial charge in [-0.2, -0.15) is 10.1 Å². The quantitative estimate of drug-likeness (QED) is 0.345. The van der Waals surface area contributed by atoms with E-state index in [1.54, 1.807) is 11.4 Å². The predicted molar refractivity (Wildman–Crippen MR) is 134 cm³/mol. The van der Waals surface area contributed by atoms with Crippen LogP contribution in [0.1, 0.15) is 37.1 Å². The molecule has 0 bridgehead atoms. The highest BCUT2D eigenvalue weighted by atomic mass is 16.5. The normalized spacial score (nSPS) is 12.3. The van der Waals surface area contributed by atoms with Gasteiger partial charge in [0.25, 0.3) is 5.56 Å². The van der Waals surface area contributed by atoms with Crippen molar-refractivity contribution in [2.75, 3.05) is 0 Å². The molecule has 10 nitrogen and oxygen atoms in total. The fraction of sp³-hybridized carbons (Fsp3) is 0.269. The number of aromatic amines is 1. The second kappa shape index (κ2) is 9.74. The van der Waals surface area contributed by atoms with Crippen molar-refractivity contribution in [2.24, 2.45) is 0 Å². The minimum absolute atomic E-state index is 0.139. The zero-order valence-electron chi connectivity index (χ0n) is 20.0. The number of nitrogens with one attached hydrogen (secondary N) is 1. The molecule has 0 saturated carbocycles. The Morgan fingerprint density at radius 3 is 2.50 bits per heavy atom. The highest BCUT2D eigenvalue weighted by molar-refractivity contribution is 5.80. The van der Waals surface area contributed by atoms with Gasteiger partial charge in [0.05, 0.1) is 18.3 Å². The number of benzene rings is 2. The Morgan fingerprint density at radius 1 is 1.08 bits per heavy atom. The number of hydrogen-bond acceptors (Lipinski definition) is 7. The molecule has 0 radical (unpaired) electrons. The van der Waals surface area contributed by atoms with Gasteiger partial charge >= 0.3 is 5.76 Å². The maximum Gasteiger partial charge on any atom is 0.439 e. The lowest BCUT2D eigenvalue weighted by Crippen LogP contribution is -2.32. The second-order valence-electron chi connectivity index (χ2n) is 8.77. The molecule has 3 heterocycles. The Balaban J connectivity index is 1.54. The van der Waals surface area contributed by atoms with E-state index in [-0.39, 0.29) is 12.1 Å². The van der Waals surface area contributed by atoms with Crippen LogP contribution in [0, 0.1) is 0 Å². The maximum atomic E-state index is 13.5. The van der Waals surface area contributed by atoms with Crippen molar-refractivity contribution in [3.8, 4) is 22.5 Å². The average Bonchev–Trinajstić information content (AvgIpc) is 3.53. The summed E-state index contributed by atoms with van der Waals surface area (Å²) in [5.41, 5.74) is 4.85. The number of H-pyrrole nitrogens is 1. The molecule has 0 aliphatic carbocycles. The molecule has 0 amide bonds. The topological polar surface area (TPSA) is 131 Å². The molecule has 36 heavy (non-hydrogen) atoms. The molecule has 3 aromatic heterocycles. The summed E-state index contributed by atoms with van der Waals surface area (Å²) in [6.45, 7) is 3.84. The minimum atomic E-state index is -0.702. The highest BCUT2D eigenvalue weighted by Crippen LogP contribution is 2.30. The Hall–Kier alpha value is -4.31. The Labute approximate surface area is 205 Å². The molecular formula is C26H26N6O4. The number of hydrogen-bond donors (Lipinski definition) is 2. The molecule has 0 fully saturated rings. The number of aromatic nitrogens is 6. The van der Waals surface area contributed by atoms with Crippen molar-refractivity contribution in [1.82, 2.24) is 29.3 Å². The largest absolute Gasteiger partial charge is 0.439 e. The van der Waals surface area contributed by atoms with Gasteiger partial charge in [0, 0.05) is 17.5 Å². The van der Waals surface area contributed by atoms with E-state index in [9.17, 15) is 14.7 Å². The van der Waals surface area contributed by atoms with E-state index in [4.69, 9.17) is 0 Å². The van der Waals surface area contributed by atoms with Gasteiger partial charge in [-0.25, -0.2) is 9.31 Å². The van der Waals surface area contributed by atoms with Gasteiger partial charge in [-0.1, -0.05) is 67.0 Å². The summed E-state index contributed by atoms with van der Waals surface area (Å²) in [6.07, 6.45) is 2.68. The third-order valence-electron chi connectivity index (χ3n) is 6.08. The molecule has 0 spiro atoms. The summed E-state index contributed by atoms with van der Waals surface area (Å²) in [5.74, 6) is 0.193. The lowest BCUT2D eigenvalue weighted by Gasteiger charge is -2.16. The van der Waals surface area contributed by atoms with Gasteiger partial charge in [0.15, 0.2) is 5.82 Å². The fourth-order valence-electron chi connectivity index (χ4n) is 4.51. The smallest absolute Gasteiger partial charge is 0.392 e. The zero-order chi connectivity index (χ0) is 25.2. The lowest BCUT2D eigenvalue weighted by atomic mass is 9.96. The van der Waals surface area contributed by atoms with Gasteiger partial charge < -0.3 is 5.11 Å². The summed E-state index contributed by atoms with van der Waals surface area (Å²) in [7, 11) is 0. The van der Waals surface area contributed by atoms with E-state index in [1.165, 1.54) is 10.9 Å². The van der Waals surface area contributed by atoms with Crippen LogP contribution >= 0.6 is 0 Å². The van der Waals surface area contributed by atoms with Crippen molar-refractivity contribution in [3.05, 3.63) is 92.6 Å². The SMILES string of the molecule is CCCc1c(Cc2ccc(-c3ccccc3-c3noc(=O)[nH]3)cc2)c(=O)n(CC(C)O)c2ncnn12. The number of nitrogens with zero attached hydrogens (tertiary/aromatic N) is 5. The van der Waals surface area contributed by atoms with Crippen LogP contribution in [0.4, 0.5) is 0 Å². The Bertz CT molecular complexity index is 1630. The lowest BCUT2D eigenvalue weighted by molar-refractivity contribution is 0.173. The molecule has 10 heteroatoms. The van der Waals surface area contributed by atoms with Crippen LogP contribution in [0.25, 0.3) is 28.3 Å². The number of fused-ring (bicyclic) bond motifs is 1. The van der Waals surface area contributed by atoms with Crippen LogP contribution < -0.4 is 11.3 Å². The first-order valence-electron chi connectivity index (χ1n) is 11.8. The first kappa shape index (κ1) is 23.4. The van der Waals surface area contributed by atoms with Crippen LogP contribution in [-0.2, 0) is 19.4 Å². The monoisotopic (exact) mass is 486 g/mol. The average molecular weight is 487 g/mol. The first-order valence-corrected chi connectivity index (χ1v) is 11.8.